The third-order valence-corrected chi connectivity index (χ3v) is 8.07. The molecule has 9 nitrogen and oxygen atoms in total. The van der Waals surface area contributed by atoms with Gasteiger partial charge in [0, 0.05) is 24.8 Å². The molecule has 12 heteroatoms. The van der Waals surface area contributed by atoms with Crippen LogP contribution < -0.4 is 15.6 Å². The second-order valence-corrected chi connectivity index (χ2v) is 11.7. The minimum Gasteiger partial charge on any atom is -0.353 e. The minimum absolute atomic E-state index is 0.00284. The summed E-state index contributed by atoms with van der Waals surface area (Å²) in [5.41, 5.74) is 3.50. The molecule has 0 saturated heterocycles. The van der Waals surface area contributed by atoms with Gasteiger partial charge >= 0.3 is 0 Å². The summed E-state index contributed by atoms with van der Waals surface area (Å²) in [6, 6.07) is 12.1. The molecule has 0 bridgehead atoms. The zero-order valence-electron chi connectivity index (χ0n) is 20.8. The first-order chi connectivity index (χ1) is 18.1. The number of aromatic nitrogens is 2. The summed E-state index contributed by atoms with van der Waals surface area (Å²) in [6.45, 7) is 0. The van der Waals surface area contributed by atoms with Crippen LogP contribution in [0, 0.1) is 11.7 Å². The van der Waals surface area contributed by atoms with Crippen molar-refractivity contribution in [3.8, 4) is 11.3 Å². The summed E-state index contributed by atoms with van der Waals surface area (Å²) in [6.07, 6.45) is 6.08. The molecule has 0 spiro atoms. The van der Waals surface area contributed by atoms with Gasteiger partial charge in [-0.25, -0.2) is 17.8 Å². The van der Waals surface area contributed by atoms with Crippen molar-refractivity contribution < 1.29 is 22.4 Å². The third-order valence-electron chi connectivity index (χ3n) is 6.47. The van der Waals surface area contributed by atoms with Crippen LogP contribution in [-0.4, -0.2) is 41.6 Å². The number of carbonyl (C=O) groups is 2. The number of rotatable bonds is 9. The van der Waals surface area contributed by atoms with Crippen molar-refractivity contribution in [3.05, 3.63) is 77.0 Å². The van der Waals surface area contributed by atoms with Gasteiger partial charge in [-0.1, -0.05) is 41.9 Å². The third kappa shape index (κ3) is 7.40. The second kappa shape index (κ2) is 12.1. The molecule has 4 rings (SSSR count). The van der Waals surface area contributed by atoms with Crippen LogP contribution in [0.4, 0.5) is 4.39 Å². The van der Waals surface area contributed by atoms with Crippen LogP contribution in [0.5, 0.6) is 0 Å². The van der Waals surface area contributed by atoms with E-state index in [4.69, 9.17) is 11.6 Å². The molecule has 1 heterocycles. The fourth-order valence-corrected chi connectivity index (χ4v) is 6.05. The van der Waals surface area contributed by atoms with Crippen molar-refractivity contribution in [1.29, 1.82) is 0 Å². The Morgan fingerprint density at radius 3 is 2.50 bits per heavy atom. The molecule has 0 radical (unpaired) electrons. The Kier molecular flexibility index (Phi) is 8.80. The van der Waals surface area contributed by atoms with E-state index in [1.807, 2.05) is 30.3 Å². The van der Waals surface area contributed by atoms with Crippen LogP contribution in [0.1, 0.15) is 41.6 Å². The number of benzene rings is 2. The topological polar surface area (TPSA) is 122 Å². The van der Waals surface area contributed by atoms with E-state index in [1.165, 1.54) is 12.1 Å². The molecule has 1 saturated carbocycles. The van der Waals surface area contributed by atoms with E-state index in [-0.39, 0.29) is 28.6 Å². The monoisotopic (exact) mass is 561 g/mol. The smallest absolute Gasteiger partial charge is 0.269 e. The van der Waals surface area contributed by atoms with Crippen molar-refractivity contribution in [1.82, 2.24) is 25.1 Å². The largest absolute Gasteiger partial charge is 0.353 e. The molecular weight excluding hydrogens is 533 g/mol. The Morgan fingerprint density at radius 1 is 1.13 bits per heavy atom. The number of hydrazine groups is 1. The van der Waals surface area contributed by atoms with E-state index in [1.54, 1.807) is 24.1 Å². The van der Waals surface area contributed by atoms with Gasteiger partial charge in [0.25, 0.3) is 5.91 Å². The van der Waals surface area contributed by atoms with Gasteiger partial charge in [0.2, 0.25) is 15.9 Å². The molecule has 0 unspecified atom stereocenters. The van der Waals surface area contributed by atoms with E-state index in [0.717, 1.165) is 5.56 Å². The van der Waals surface area contributed by atoms with E-state index >= 15 is 0 Å². The average molecular weight is 562 g/mol. The highest BCUT2D eigenvalue weighted by atomic mass is 35.5. The predicted molar refractivity (Wildman–Crippen MR) is 142 cm³/mol. The van der Waals surface area contributed by atoms with Gasteiger partial charge in [-0.15, -0.1) is 4.83 Å². The van der Waals surface area contributed by atoms with Gasteiger partial charge < -0.3 is 9.88 Å². The molecule has 38 heavy (non-hydrogen) atoms. The summed E-state index contributed by atoms with van der Waals surface area (Å²) in [4.78, 5) is 31.1. The van der Waals surface area contributed by atoms with Crippen molar-refractivity contribution in [3.63, 3.8) is 0 Å². The summed E-state index contributed by atoms with van der Waals surface area (Å²) < 4.78 is 41.5. The average Bonchev–Trinajstić information content (AvgIpc) is 3.32. The molecule has 0 aliphatic heterocycles. The molecule has 2 aromatic carbocycles. The number of halogens is 2. The lowest BCUT2D eigenvalue weighted by Gasteiger charge is -2.29. The van der Waals surface area contributed by atoms with Gasteiger partial charge in [0.05, 0.1) is 34.8 Å². The Hall–Kier alpha value is -3.28. The molecule has 3 aromatic rings. The SMILES string of the molecule is Cn1cnc(-c2cc(Cl)c(F)c(C(=O)NNS(=O)(=O)C[C@H]3CC[C@H](NC(=O)Cc4ccccc4)CC3)c2)c1. The number of imidazole rings is 1. The van der Waals surface area contributed by atoms with E-state index in [0.29, 0.717) is 43.4 Å². The Labute approximate surface area is 225 Å². The number of nitrogens with one attached hydrogen (secondary N) is 3. The maximum absolute atomic E-state index is 14.6. The van der Waals surface area contributed by atoms with Crippen molar-refractivity contribution in [2.45, 2.75) is 38.1 Å². The van der Waals surface area contributed by atoms with Crippen LogP contribution in [0.3, 0.4) is 0 Å². The zero-order valence-corrected chi connectivity index (χ0v) is 22.4. The summed E-state index contributed by atoms with van der Waals surface area (Å²) in [7, 11) is -2.13. The highest BCUT2D eigenvalue weighted by molar-refractivity contribution is 7.89. The second-order valence-electron chi connectivity index (χ2n) is 9.53. The van der Waals surface area contributed by atoms with Crippen LogP contribution in [0.2, 0.25) is 5.02 Å². The van der Waals surface area contributed by atoms with Gasteiger partial charge in [0.1, 0.15) is 0 Å². The number of hydrogen-bond donors (Lipinski definition) is 3. The zero-order chi connectivity index (χ0) is 27.3. The molecule has 1 aliphatic rings. The van der Waals surface area contributed by atoms with E-state index in [9.17, 15) is 22.4 Å². The number of aryl methyl sites for hydroxylation is 1. The van der Waals surface area contributed by atoms with Gasteiger partial charge in [-0.05, 0) is 49.3 Å². The number of sulfonamides is 1. The van der Waals surface area contributed by atoms with Crippen LogP contribution >= 0.6 is 11.6 Å². The molecule has 1 aliphatic carbocycles. The fourth-order valence-electron chi connectivity index (χ4n) is 4.54. The summed E-state index contributed by atoms with van der Waals surface area (Å²) in [5.74, 6) is -2.33. The van der Waals surface area contributed by atoms with Crippen LogP contribution in [0.15, 0.2) is 55.0 Å². The molecule has 1 aromatic heterocycles. The predicted octanol–water partition coefficient (Wildman–Crippen LogP) is 3.36. The van der Waals surface area contributed by atoms with Crippen LogP contribution in [0.25, 0.3) is 11.3 Å². The van der Waals surface area contributed by atoms with Gasteiger partial charge in [-0.3, -0.25) is 15.0 Å². The van der Waals surface area contributed by atoms with E-state index < -0.39 is 27.3 Å². The number of nitrogens with zero attached hydrogens (tertiary/aromatic N) is 2. The van der Waals surface area contributed by atoms with Crippen molar-refractivity contribution >= 4 is 33.4 Å². The highest BCUT2D eigenvalue weighted by Crippen LogP contribution is 2.27. The lowest BCUT2D eigenvalue weighted by molar-refractivity contribution is -0.121. The lowest BCUT2D eigenvalue weighted by atomic mass is 9.87. The maximum Gasteiger partial charge on any atom is 0.269 e. The quantitative estimate of drug-likeness (QED) is 0.346. The molecule has 3 N–H and O–H groups in total. The highest BCUT2D eigenvalue weighted by Gasteiger charge is 2.27. The van der Waals surface area contributed by atoms with Crippen LogP contribution in [-0.2, 0) is 28.3 Å². The Morgan fingerprint density at radius 2 is 1.84 bits per heavy atom. The molecule has 1 fully saturated rings. The first kappa shape index (κ1) is 27.7. The minimum atomic E-state index is -3.89. The summed E-state index contributed by atoms with van der Waals surface area (Å²) in [5, 5.41) is 2.74. The number of carbonyl (C=O) groups excluding carboxylic acids is 2. The first-order valence-electron chi connectivity index (χ1n) is 12.2. The molecular formula is C26H29ClFN5O4S. The Balaban J connectivity index is 1.27. The number of amides is 2. The Bertz CT molecular complexity index is 1410. The fraction of sp³-hybridized carbons (Fsp3) is 0.346. The van der Waals surface area contributed by atoms with Crippen molar-refractivity contribution in [2.75, 3.05) is 5.75 Å². The molecule has 202 valence electrons. The first-order valence-corrected chi connectivity index (χ1v) is 14.2. The lowest BCUT2D eigenvalue weighted by Crippen LogP contribution is -2.45. The summed E-state index contributed by atoms with van der Waals surface area (Å²) >= 11 is 5.97. The molecule has 2 amide bonds. The number of hydrogen-bond acceptors (Lipinski definition) is 5. The van der Waals surface area contributed by atoms with E-state index in [2.05, 4.69) is 20.6 Å². The van der Waals surface area contributed by atoms with Gasteiger partial charge in [0.15, 0.2) is 5.82 Å². The van der Waals surface area contributed by atoms with Gasteiger partial charge in [-0.2, -0.15) is 0 Å². The van der Waals surface area contributed by atoms with Crippen molar-refractivity contribution in [2.24, 2.45) is 13.0 Å². The normalized spacial score (nSPS) is 17.7. The maximum atomic E-state index is 14.6. The standard InChI is InChI=1S/C26H29ClFN5O4S/c1-33-14-23(29-16-33)19-12-21(25(28)22(27)13-19)26(35)31-32-38(36,37)15-18-7-9-20(10-8-18)30-24(34)11-17-5-3-2-4-6-17/h2-6,12-14,16,18,20,32H,7-11,15H2,1H3,(H,30,34)(H,31,35)/t18-,20-. The molecule has 0 atom stereocenters.